The second-order valence-corrected chi connectivity index (χ2v) is 3.81. The Kier molecular flexibility index (Phi) is 3.49. The number of aryl methyl sites for hydroxylation is 1. The number of nitriles is 1. The molecule has 2 rings (SSSR count). The van der Waals surface area contributed by atoms with Crippen LogP contribution in [0.2, 0.25) is 0 Å². The quantitative estimate of drug-likeness (QED) is 0.897. The molecule has 0 aliphatic heterocycles. The minimum absolute atomic E-state index is 0.0377. The Hall–Kier alpha value is -2.48. The molecule has 0 spiro atoms. The van der Waals surface area contributed by atoms with E-state index in [4.69, 9.17) is 5.26 Å². The van der Waals surface area contributed by atoms with Gasteiger partial charge >= 0.3 is 0 Å². The monoisotopic (exact) mass is 242 g/mol. The van der Waals surface area contributed by atoms with E-state index >= 15 is 0 Å². The minimum Gasteiger partial charge on any atom is -0.379 e. The molecule has 90 valence electrons. The number of halogens is 1. The van der Waals surface area contributed by atoms with E-state index in [1.165, 1.54) is 12.1 Å². The van der Waals surface area contributed by atoms with Gasteiger partial charge in [0.2, 0.25) is 0 Å². The summed E-state index contributed by atoms with van der Waals surface area (Å²) in [5, 5.41) is 11.6. The number of hydrogen-bond donors (Lipinski definition) is 1. The standard InChI is InChI=1S/C13H11FN4/c1-9-6-17-12(7-16-9)8-18-11-3-2-10(5-15)13(14)4-11/h2-4,6-7,18H,8H2,1H3. The van der Waals surface area contributed by atoms with Crippen molar-refractivity contribution in [3.63, 3.8) is 0 Å². The first-order chi connectivity index (χ1) is 8.69. The van der Waals surface area contributed by atoms with Crippen LogP contribution in [-0.2, 0) is 6.54 Å². The van der Waals surface area contributed by atoms with Crippen molar-refractivity contribution in [2.75, 3.05) is 5.32 Å². The highest BCUT2D eigenvalue weighted by atomic mass is 19.1. The summed E-state index contributed by atoms with van der Waals surface area (Å²) >= 11 is 0. The average molecular weight is 242 g/mol. The molecule has 0 saturated heterocycles. The van der Waals surface area contributed by atoms with Crippen LogP contribution in [-0.4, -0.2) is 9.97 Å². The molecule has 0 fully saturated rings. The third-order valence-electron chi connectivity index (χ3n) is 2.40. The summed E-state index contributed by atoms with van der Waals surface area (Å²) in [7, 11) is 0. The fourth-order valence-corrected chi connectivity index (χ4v) is 1.42. The first-order valence-corrected chi connectivity index (χ1v) is 5.40. The van der Waals surface area contributed by atoms with Crippen LogP contribution in [0.5, 0.6) is 0 Å². The lowest BCUT2D eigenvalue weighted by Gasteiger charge is -2.06. The zero-order valence-corrected chi connectivity index (χ0v) is 9.81. The van der Waals surface area contributed by atoms with Gasteiger partial charge in [0.05, 0.1) is 29.7 Å². The number of nitrogens with one attached hydrogen (secondary N) is 1. The maximum atomic E-state index is 13.3. The fraction of sp³-hybridized carbons (Fsp3) is 0.154. The predicted molar refractivity (Wildman–Crippen MR) is 65.2 cm³/mol. The second kappa shape index (κ2) is 5.23. The van der Waals surface area contributed by atoms with Crippen LogP contribution >= 0.6 is 0 Å². The van der Waals surface area contributed by atoms with E-state index in [0.29, 0.717) is 12.2 Å². The van der Waals surface area contributed by atoms with E-state index in [1.54, 1.807) is 24.5 Å². The molecule has 0 aliphatic rings. The molecule has 0 amide bonds. The lowest BCUT2D eigenvalue weighted by atomic mass is 10.2. The summed E-state index contributed by atoms with van der Waals surface area (Å²) in [5.74, 6) is -0.530. The Bertz CT molecular complexity index is 587. The van der Waals surface area contributed by atoms with Crippen LogP contribution < -0.4 is 5.32 Å². The molecule has 0 bridgehead atoms. The van der Waals surface area contributed by atoms with Crippen LogP contribution in [0.4, 0.5) is 10.1 Å². The summed E-state index contributed by atoms with van der Waals surface area (Å²) in [5.41, 5.74) is 2.26. The van der Waals surface area contributed by atoms with Gasteiger partial charge in [0.15, 0.2) is 0 Å². The Balaban J connectivity index is 2.04. The second-order valence-electron chi connectivity index (χ2n) is 3.81. The number of anilines is 1. The Morgan fingerprint density at radius 3 is 2.78 bits per heavy atom. The molecule has 0 saturated carbocycles. The normalized spacial score (nSPS) is 9.83. The molecular formula is C13H11FN4. The van der Waals surface area contributed by atoms with Crippen LogP contribution in [0.1, 0.15) is 17.0 Å². The summed E-state index contributed by atoms with van der Waals surface area (Å²) in [6.07, 6.45) is 3.35. The molecule has 1 N–H and O–H groups in total. The summed E-state index contributed by atoms with van der Waals surface area (Å²) in [6, 6.07) is 6.17. The molecule has 18 heavy (non-hydrogen) atoms. The van der Waals surface area contributed by atoms with Crippen molar-refractivity contribution >= 4 is 5.69 Å². The van der Waals surface area contributed by atoms with Gasteiger partial charge < -0.3 is 5.32 Å². The maximum absolute atomic E-state index is 13.3. The smallest absolute Gasteiger partial charge is 0.143 e. The lowest BCUT2D eigenvalue weighted by molar-refractivity contribution is 0.624. The van der Waals surface area contributed by atoms with Gasteiger partial charge in [-0.25, -0.2) is 4.39 Å². The first kappa shape index (κ1) is 12.0. The zero-order valence-electron chi connectivity index (χ0n) is 9.81. The van der Waals surface area contributed by atoms with Crippen molar-refractivity contribution in [2.24, 2.45) is 0 Å². The third kappa shape index (κ3) is 2.80. The van der Waals surface area contributed by atoms with Gasteiger partial charge in [-0.1, -0.05) is 0 Å². The van der Waals surface area contributed by atoms with Crippen molar-refractivity contribution in [1.29, 1.82) is 5.26 Å². The minimum atomic E-state index is -0.530. The molecule has 0 atom stereocenters. The molecule has 0 radical (unpaired) electrons. The molecule has 1 aromatic carbocycles. The van der Waals surface area contributed by atoms with E-state index < -0.39 is 5.82 Å². The summed E-state index contributed by atoms with van der Waals surface area (Å²) in [6.45, 7) is 2.32. The van der Waals surface area contributed by atoms with Gasteiger partial charge in [0, 0.05) is 11.9 Å². The number of hydrogen-bond acceptors (Lipinski definition) is 4. The van der Waals surface area contributed by atoms with E-state index in [2.05, 4.69) is 15.3 Å². The topological polar surface area (TPSA) is 61.6 Å². The van der Waals surface area contributed by atoms with Crippen LogP contribution in [0.15, 0.2) is 30.6 Å². The number of rotatable bonds is 3. The number of nitrogens with zero attached hydrogens (tertiary/aromatic N) is 3. The number of aromatic nitrogens is 2. The molecular weight excluding hydrogens is 231 g/mol. The van der Waals surface area contributed by atoms with Gasteiger partial charge in [-0.3, -0.25) is 9.97 Å². The Labute approximate surface area is 104 Å². The van der Waals surface area contributed by atoms with Gasteiger partial charge in [-0.05, 0) is 25.1 Å². The predicted octanol–water partition coefficient (Wildman–Crippen LogP) is 2.41. The van der Waals surface area contributed by atoms with E-state index in [-0.39, 0.29) is 5.56 Å². The van der Waals surface area contributed by atoms with Gasteiger partial charge in [0.25, 0.3) is 0 Å². The van der Waals surface area contributed by atoms with Crippen molar-refractivity contribution < 1.29 is 4.39 Å². The largest absolute Gasteiger partial charge is 0.379 e. The Morgan fingerprint density at radius 1 is 1.33 bits per heavy atom. The molecule has 1 heterocycles. The molecule has 0 aliphatic carbocycles. The SMILES string of the molecule is Cc1cnc(CNc2ccc(C#N)c(F)c2)cn1. The summed E-state index contributed by atoms with van der Waals surface area (Å²) < 4.78 is 13.3. The van der Waals surface area contributed by atoms with Crippen LogP contribution in [0, 0.1) is 24.1 Å². The highest BCUT2D eigenvalue weighted by molar-refractivity contribution is 5.48. The van der Waals surface area contributed by atoms with Crippen molar-refractivity contribution in [1.82, 2.24) is 9.97 Å². The van der Waals surface area contributed by atoms with Crippen molar-refractivity contribution in [3.05, 3.63) is 53.4 Å². The van der Waals surface area contributed by atoms with E-state index in [1.807, 2.05) is 6.92 Å². The first-order valence-electron chi connectivity index (χ1n) is 5.40. The van der Waals surface area contributed by atoms with Gasteiger partial charge in [-0.2, -0.15) is 5.26 Å². The number of benzene rings is 1. The van der Waals surface area contributed by atoms with Gasteiger partial charge in [-0.15, -0.1) is 0 Å². The molecule has 1 aromatic heterocycles. The van der Waals surface area contributed by atoms with E-state index in [0.717, 1.165) is 11.4 Å². The van der Waals surface area contributed by atoms with E-state index in [9.17, 15) is 4.39 Å². The van der Waals surface area contributed by atoms with Crippen LogP contribution in [0.3, 0.4) is 0 Å². The molecule has 2 aromatic rings. The van der Waals surface area contributed by atoms with Crippen LogP contribution in [0.25, 0.3) is 0 Å². The Morgan fingerprint density at radius 2 is 2.17 bits per heavy atom. The highest BCUT2D eigenvalue weighted by Crippen LogP contribution is 2.14. The zero-order chi connectivity index (χ0) is 13.0. The van der Waals surface area contributed by atoms with Crippen molar-refractivity contribution in [2.45, 2.75) is 13.5 Å². The van der Waals surface area contributed by atoms with Crippen molar-refractivity contribution in [3.8, 4) is 6.07 Å². The van der Waals surface area contributed by atoms with Gasteiger partial charge in [0.1, 0.15) is 11.9 Å². The summed E-state index contributed by atoms with van der Waals surface area (Å²) in [4.78, 5) is 8.30. The molecule has 4 nitrogen and oxygen atoms in total. The molecule has 5 heteroatoms. The lowest BCUT2D eigenvalue weighted by Crippen LogP contribution is -2.03. The molecule has 0 unspecified atom stereocenters. The fourth-order valence-electron chi connectivity index (χ4n) is 1.42. The maximum Gasteiger partial charge on any atom is 0.143 e. The third-order valence-corrected chi connectivity index (χ3v) is 2.40. The average Bonchev–Trinajstić information content (AvgIpc) is 2.38. The highest BCUT2D eigenvalue weighted by Gasteiger charge is 2.02.